The van der Waals surface area contributed by atoms with Crippen LogP contribution < -0.4 is 0 Å². The van der Waals surface area contributed by atoms with Gasteiger partial charge in [0.2, 0.25) is 0 Å². The summed E-state index contributed by atoms with van der Waals surface area (Å²) in [6, 6.07) is 3.94. The van der Waals surface area contributed by atoms with Crippen LogP contribution in [0.2, 0.25) is 5.02 Å². The third kappa shape index (κ3) is 2.15. The molecular formula is C9H9BrCl2. The minimum absolute atomic E-state index is 0.471. The molecule has 12 heavy (non-hydrogen) atoms. The van der Waals surface area contributed by atoms with E-state index in [0.717, 1.165) is 21.5 Å². The molecular weight excluding hydrogens is 259 g/mol. The van der Waals surface area contributed by atoms with Gasteiger partial charge in [0, 0.05) is 15.4 Å². The lowest BCUT2D eigenvalue weighted by molar-refractivity contribution is 1.12. The van der Waals surface area contributed by atoms with Crippen LogP contribution in [0.25, 0.3) is 0 Å². The Morgan fingerprint density at radius 2 is 2.00 bits per heavy atom. The zero-order chi connectivity index (χ0) is 9.14. The molecule has 0 spiro atoms. The third-order valence-corrected chi connectivity index (χ3v) is 3.12. The molecule has 0 saturated heterocycles. The van der Waals surface area contributed by atoms with Crippen LogP contribution in [0.3, 0.4) is 0 Å². The third-order valence-electron chi connectivity index (χ3n) is 1.74. The zero-order valence-electron chi connectivity index (χ0n) is 6.70. The van der Waals surface area contributed by atoms with E-state index in [9.17, 15) is 0 Å². The van der Waals surface area contributed by atoms with Crippen molar-refractivity contribution in [2.24, 2.45) is 0 Å². The molecule has 0 bridgehead atoms. The summed E-state index contributed by atoms with van der Waals surface area (Å²) in [5, 5.41) is 0.731. The summed E-state index contributed by atoms with van der Waals surface area (Å²) in [6.07, 6.45) is 0.988. The van der Waals surface area contributed by atoms with Crippen molar-refractivity contribution >= 4 is 39.1 Å². The summed E-state index contributed by atoms with van der Waals surface area (Å²) in [7, 11) is 0. The number of halogens is 3. The Bertz CT molecular complexity index is 259. The van der Waals surface area contributed by atoms with Gasteiger partial charge in [0.25, 0.3) is 0 Å². The molecule has 0 fully saturated rings. The molecule has 0 aliphatic heterocycles. The first-order chi connectivity index (χ1) is 5.69. The standard InChI is InChI=1S/C9H9BrCl2/c1-2-6-3-7(5-11)9(12)4-8(6)10/h3-4H,2,5H2,1H3. The van der Waals surface area contributed by atoms with E-state index in [2.05, 4.69) is 22.9 Å². The first-order valence-electron chi connectivity index (χ1n) is 3.71. The summed E-state index contributed by atoms with van der Waals surface area (Å²) in [5.41, 5.74) is 2.24. The monoisotopic (exact) mass is 266 g/mol. The van der Waals surface area contributed by atoms with Crippen LogP contribution in [-0.2, 0) is 12.3 Å². The van der Waals surface area contributed by atoms with Gasteiger partial charge in [0.05, 0.1) is 0 Å². The summed E-state index contributed by atoms with van der Waals surface area (Å²) in [6.45, 7) is 2.10. The number of hydrogen-bond acceptors (Lipinski definition) is 0. The molecule has 0 aliphatic carbocycles. The Balaban J connectivity index is 3.18. The van der Waals surface area contributed by atoms with Crippen molar-refractivity contribution in [2.45, 2.75) is 19.2 Å². The summed E-state index contributed by atoms with van der Waals surface area (Å²) in [4.78, 5) is 0. The lowest BCUT2D eigenvalue weighted by atomic mass is 10.1. The number of hydrogen-bond donors (Lipinski definition) is 0. The van der Waals surface area contributed by atoms with Gasteiger partial charge in [0.1, 0.15) is 0 Å². The highest BCUT2D eigenvalue weighted by molar-refractivity contribution is 9.10. The normalized spacial score (nSPS) is 10.3. The lowest BCUT2D eigenvalue weighted by Gasteiger charge is -2.05. The average Bonchev–Trinajstić information content (AvgIpc) is 2.05. The van der Waals surface area contributed by atoms with Crippen LogP contribution in [-0.4, -0.2) is 0 Å². The first-order valence-corrected chi connectivity index (χ1v) is 5.42. The van der Waals surface area contributed by atoms with E-state index in [1.165, 1.54) is 5.56 Å². The molecule has 0 aliphatic rings. The zero-order valence-corrected chi connectivity index (χ0v) is 9.80. The highest BCUT2D eigenvalue weighted by Crippen LogP contribution is 2.27. The summed E-state index contributed by atoms with van der Waals surface area (Å²) >= 11 is 15.1. The van der Waals surface area contributed by atoms with Crippen LogP contribution >= 0.6 is 39.1 Å². The molecule has 0 saturated carbocycles. The predicted octanol–water partition coefficient (Wildman–Crippen LogP) is 4.40. The molecule has 0 unspecified atom stereocenters. The second kappa shape index (κ2) is 4.50. The second-order valence-corrected chi connectivity index (χ2v) is 4.05. The van der Waals surface area contributed by atoms with Crippen molar-refractivity contribution < 1.29 is 0 Å². The highest BCUT2D eigenvalue weighted by Gasteiger charge is 2.04. The molecule has 0 radical (unpaired) electrons. The van der Waals surface area contributed by atoms with Gasteiger partial charge in [-0.1, -0.05) is 40.5 Å². The van der Waals surface area contributed by atoms with Crippen molar-refractivity contribution in [1.29, 1.82) is 0 Å². The van der Waals surface area contributed by atoms with Crippen LogP contribution in [0.4, 0.5) is 0 Å². The molecule has 0 nitrogen and oxygen atoms in total. The maximum Gasteiger partial charge on any atom is 0.0488 e. The van der Waals surface area contributed by atoms with Crippen LogP contribution in [0.1, 0.15) is 18.1 Å². The quantitative estimate of drug-likeness (QED) is 0.697. The molecule has 1 aromatic carbocycles. The molecule has 0 aromatic heterocycles. The molecule has 0 heterocycles. The van der Waals surface area contributed by atoms with Crippen LogP contribution in [0.15, 0.2) is 16.6 Å². The fourth-order valence-electron chi connectivity index (χ4n) is 1.02. The maximum atomic E-state index is 5.94. The number of alkyl halides is 1. The Labute approximate surface area is 91.0 Å². The van der Waals surface area contributed by atoms with E-state index in [1.54, 1.807) is 0 Å². The van der Waals surface area contributed by atoms with Crippen molar-refractivity contribution in [1.82, 2.24) is 0 Å². The molecule has 0 N–H and O–H groups in total. The van der Waals surface area contributed by atoms with Gasteiger partial charge >= 0.3 is 0 Å². The summed E-state index contributed by atoms with van der Waals surface area (Å²) < 4.78 is 1.06. The van der Waals surface area contributed by atoms with E-state index in [4.69, 9.17) is 23.2 Å². The SMILES string of the molecule is CCc1cc(CCl)c(Cl)cc1Br. The fourth-order valence-corrected chi connectivity index (χ4v) is 2.29. The van der Waals surface area contributed by atoms with Crippen molar-refractivity contribution in [2.75, 3.05) is 0 Å². The smallest absolute Gasteiger partial charge is 0.0488 e. The minimum atomic E-state index is 0.471. The first kappa shape index (κ1) is 10.4. The maximum absolute atomic E-state index is 5.94. The van der Waals surface area contributed by atoms with Crippen molar-refractivity contribution in [3.05, 3.63) is 32.8 Å². The number of rotatable bonds is 2. The van der Waals surface area contributed by atoms with Crippen molar-refractivity contribution in [3.8, 4) is 0 Å². The van der Waals surface area contributed by atoms with Gasteiger partial charge in [-0.15, -0.1) is 11.6 Å². The van der Waals surface area contributed by atoms with Gasteiger partial charge in [-0.25, -0.2) is 0 Å². The van der Waals surface area contributed by atoms with Gasteiger partial charge in [-0.2, -0.15) is 0 Å². The predicted molar refractivity (Wildman–Crippen MR) is 58.1 cm³/mol. The Morgan fingerprint density at radius 1 is 1.33 bits per heavy atom. The number of aryl methyl sites for hydroxylation is 1. The largest absolute Gasteiger partial charge is 0.121 e. The van der Waals surface area contributed by atoms with E-state index >= 15 is 0 Å². The molecule has 3 heteroatoms. The van der Waals surface area contributed by atoms with E-state index in [-0.39, 0.29) is 0 Å². The molecule has 1 rings (SSSR count). The van der Waals surface area contributed by atoms with E-state index in [0.29, 0.717) is 5.88 Å². The van der Waals surface area contributed by atoms with Crippen molar-refractivity contribution in [3.63, 3.8) is 0 Å². The van der Waals surface area contributed by atoms with Gasteiger partial charge < -0.3 is 0 Å². The minimum Gasteiger partial charge on any atom is -0.121 e. The second-order valence-electron chi connectivity index (χ2n) is 2.52. The average molecular weight is 268 g/mol. The van der Waals surface area contributed by atoms with E-state index < -0.39 is 0 Å². The Morgan fingerprint density at radius 3 is 2.50 bits per heavy atom. The number of benzene rings is 1. The molecule has 66 valence electrons. The van der Waals surface area contributed by atoms with Gasteiger partial charge in [-0.05, 0) is 23.6 Å². The Hall–Kier alpha value is 0.280. The van der Waals surface area contributed by atoms with Gasteiger partial charge in [0.15, 0.2) is 0 Å². The van der Waals surface area contributed by atoms with Crippen LogP contribution in [0, 0.1) is 0 Å². The topological polar surface area (TPSA) is 0 Å². The fraction of sp³-hybridized carbons (Fsp3) is 0.333. The molecule has 1 aromatic rings. The lowest BCUT2D eigenvalue weighted by Crippen LogP contribution is -1.87. The molecule has 0 atom stereocenters. The highest BCUT2D eigenvalue weighted by atomic mass is 79.9. The van der Waals surface area contributed by atoms with Gasteiger partial charge in [-0.3, -0.25) is 0 Å². The molecule has 0 amide bonds. The Kier molecular flexibility index (Phi) is 3.88. The van der Waals surface area contributed by atoms with E-state index in [1.807, 2.05) is 12.1 Å². The summed E-state index contributed by atoms with van der Waals surface area (Å²) in [5.74, 6) is 0.471. The van der Waals surface area contributed by atoms with Crippen LogP contribution in [0.5, 0.6) is 0 Å².